The molecule has 1 heterocycles. The first-order chi connectivity index (χ1) is 7.63. The normalized spacial score (nSPS) is 12.5. The Balaban J connectivity index is 3.10. The van der Waals surface area contributed by atoms with E-state index >= 15 is 0 Å². The third-order valence-corrected chi connectivity index (χ3v) is 3.41. The lowest BCUT2D eigenvalue weighted by molar-refractivity contribution is -0.710. The van der Waals surface area contributed by atoms with Crippen LogP contribution in [0.2, 0.25) is 0 Å². The summed E-state index contributed by atoms with van der Waals surface area (Å²) in [5.41, 5.74) is 4.08. The van der Waals surface area contributed by atoms with Crippen molar-refractivity contribution >= 4 is 6.08 Å². The molecule has 0 aliphatic carbocycles. The second-order valence-electron chi connectivity index (χ2n) is 4.57. The van der Waals surface area contributed by atoms with Gasteiger partial charge in [0.25, 0.3) is 0 Å². The molecule has 0 aliphatic rings. The van der Waals surface area contributed by atoms with Crippen molar-refractivity contribution < 1.29 is 4.57 Å². The third kappa shape index (κ3) is 2.72. The van der Waals surface area contributed by atoms with Crippen LogP contribution >= 0.6 is 0 Å². The third-order valence-electron chi connectivity index (χ3n) is 3.41. The Morgan fingerprint density at radius 2 is 2.12 bits per heavy atom. The van der Waals surface area contributed by atoms with Crippen molar-refractivity contribution in [2.45, 2.75) is 47.1 Å². The van der Waals surface area contributed by atoms with Gasteiger partial charge in [-0.25, -0.2) is 4.57 Å². The first-order valence-corrected chi connectivity index (χ1v) is 6.28. The molecule has 0 aromatic carbocycles. The van der Waals surface area contributed by atoms with E-state index in [4.69, 9.17) is 0 Å². The van der Waals surface area contributed by atoms with E-state index in [0.29, 0.717) is 0 Å². The van der Waals surface area contributed by atoms with Gasteiger partial charge in [0.05, 0.1) is 0 Å². The molecule has 1 atom stereocenters. The van der Waals surface area contributed by atoms with Gasteiger partial charge in [-0.2, -0.15) is 0 Å². The molecule has 0 amide bonds. The van der Waals surface area contributed by atoms with Crippen molar-refractivity contribution in [3.63, 3.8) is 0 Å². The van der Waals surface area contributed by atoms with Crippen LogP contribution in [0.5, 0.6) is 0 Å². The molecule has 0 N–H and O–H groups in total. The van der Waals surface area contributed by atoms with Crippen LogP contribution in [0.3, 0.4) is 0 Å². The number of hydrogen-bond acceptors (Lipinski definition) is 0. The summed E-state index contributed by atoms with van der Waals surface area (Å²) in [6.07, 6.45) is 6.47. The maximum atomic E-state index is 3.86. The fourth-order valence-corrected chi connectivity index (χ4v) is 2.09. The molecule has 0 bridgehead atoms. The Morgan fingerprint density at radius 3 is 2.62 bits per heavy atom. The maximum Gasteiger partial charge on any atom is 0.184 e. The Bertz CT molecular complexity index is 366. The number of aromatic nitrogens is 1. The van der Waals surface area contributed by atoms with E-state index in [1.807, 2.05) is 6.08 Å². The van der Waals surface area contributed by atoms with Gasteiger partial charge < -0.3 is 0 Å². The topological polar surface area (TPSA) is 3.88 Å². The van der Waals surface area contributed by atoms with Crippen LogP contribution in [0.1, 0.15) is 44.0 Å². The van der Waals surface area contributed by atoms with Gasteiger partial charge in [0, 0.05) is 24.0 Å². The number of hydrogen-bond donors (Lipinski definition) is 0. The van der Waals surface area contributed by atoms with Crippen molar-refractivity contribution in [1.29, 1.82) is 0 Å². The molecule has 88 valence electrons. The van der Waals surface area contributed by atoms with Gasteiger partial charge in [-0.3, -0.25) is 0 Å². The first kappa shape index (κ1) is 13.0. The molecule has 0 saturated heterocycles. The molecule has 1 rings (SSSR count). The number of nitrogens with zero attached hydrogens (tertiary/aromatic N) is 1. The lowest BCUT2D eigenvalue weighted by Gasteiger charge is -2.10. The molecule has 0 unspecified atom stereocenters. The van der Waals surface area contributed by atoms with Gasteiger partial charge in [0.2, 0.25) is 0 Å². The minimum atomic E-state index is 0.740. The fraction of sp³-hybridized carbons (Fsp3) is 0.533. The summed E-state index contributed by atoms with van der Waals surface area (Å²) in [6, 6.07) is 2.17. The van der Waals surface area contributed by atoms with E-state index in [1.54, 1.807) is 0 Å². The van der Waals surface area contributed by atoms with Crippen molar-refractivity contribution in [2.24, 2.45) is 5.92 Å². The Kier molecular flexibility index (Phi) is 4.72. The molecule has 1 aromatic heterocycles. The Hall–Kier alpha value is -1.11. The quantitative estimate of drug-likeness (QED) is 0.666. The van der Waals surface area contributed by atoms with E-state index in [1.165, 1.54) is 23.2 Å². The Morgan fingerprint density at radius 1 is 1.44 bits per heavy atom. The van der Waals surface area contributed by atoms with Crippen molar-refractivity contribution in [3.8, 4) is 0 Å². The van der Waals surface area contributed by atoms with Crippen LogP contribution in [0.4, 0.5) is 0 Å². The maximum absolute atomic E-state index is 3.86. The van der Waals surface area contributed by atoms with E-state index < -0.39 is 0 Å². The molecule has 16 heavy (non-hydrogen) atoms. The smallest absolute Gasteiger partial charge is 0.184 e. The average Bonchev–Trinajstić information content (AvgIpc) is 2.29. The minimum absolute atomic E-state index is 0.740. The molecule has 0 radical (unpaired) electrons. The van der Waals surface area contributed by atoms with E-state index in [2.05, 4.69) is 51.1 Å². The summed E-state index contributed by atoms with van der Waals surface area (Å²) in [4.78, 5) is 0. The summed E-state index contributed by atoms with van der Waals surface area (Å²) in [5.74, 6) is 0.740. The summed E-state index contributed by atoms with van der Waals surface area (Å²) >= 11 is 0. The Labute approximate surface area is 99.8 Å². The largest absolute Gasteiger partial charge is 0.202 e. The average molecular weight is 218 g/mol. The van der Waals surface area contributed by atoms with E-state index in [0.717, 1.165) is 18.9 Å². The highest BCUT2D eigenvalue weighted by Gasteiger charge is 2.16. The van der Waals surface area contributed by atoms with Gasteiger partial charge >= 0.3 is 0 Å². The molecule has 0 aliphatic heterocycles. The van der Waals surface area contributed by atoms with Crippen LogP contribution in [0, 0.1) is 12.8 Å². The predicted molar refractivity (Wildman–Crippen MR) is 70.3 cm³/mol. The predicted octanol–water partition coefficient (Wildman–Crippen LogP) is 3.53. The highest BCUT2D eigenvalue weighted by Crippen LogP contribution is 2.12. The molecule has 1 aromatic rings. The van der Waals surface area contributed by atoms with Crippen LogP contribution in [0.15, 0.2) is 18.8 Å². The van der Waals surface area contributed by atoms with Gasteiger partial charge in [0.15, 0.2) is 18.4 Å². The van der Waals surface area contributed by atoms with Crippen LogP contribution < -0.4 is 4.57 Å². The standard InChI is InChI=1S/C15H24N/c1-6-12(4)11-16-10-9-14(7-2)13(5)15(16)8-3/h7,9-10,12H,2,6,8,11H2,1,3-5H3/q+1/t12-/m1/s1. The first-order valence-electron chi connectivity index (χ1n) is 6.28. The van der Waals surface area contributed by atoms with Crippen LogP contribution in [-0.4, -0.2) is 0 Å². The van der Waals surface area contributed by atoms with Crippen molar-refractivity contribution in [3.05, 3.63) is 35.7 Å². The highest BCUT2D eigenvalue weighted by molar-refractivity contribution is 5.51. The zero-order valence-corrected chi connectivity index (χ0v) is 11.1. The number of pyridine rings is 1. The van der Waals surface area contributed by atoms with Gasteiger partial charge in [-0.1, -0.05) is 33.4 Å². The van der Waals surface area contributed by atoms with Crippen molar-refractivity contribution in [2.75, 3.05) is 0 Å². The SMILES string of the molecule is C=Cc1cc[n+](C[C@H](C)CC)c(CC)c1C. The zero-order valence-electron chi connectivity index (χ0n) is 11.1. The fourth-order valence-electron chi connectivity index (χ4n) is 2.09. The summed E-state index contributed by atoms with van der Waals surface area (Å²) < 4.78 is 2.40. The lowest BCUT2D eigenvalue weighted by atomic mass is 10.0. The molecule has 0 saturated carbocycles. The molecule has 0 spiro atoms. The summed E-state index contributed by atoms with van der Waals surface area (Å²) in [5, 5.41) is 0. The van der Waals surface area contributed by atoms with E-state index in [-0.39, 0.29) is 0 Å². The molecular weight excluding hydrogens is 194 g/mol. The molecule has 1 heteroatoms. The van der Waals surface area contributed by atoms with E-state index in [9.17, 15) is 0 Å². The molecule has 1 nitrogen and oxygen atoms in total. The summed E-state index contributed by atoms with van der Waals surface area (Å²) in [7, 11) is 0. The van der Waals surface area contributed by atoms with Gasteiger partial charge in [0.1, 0.15) is 0 Å². The second-order valence-corrected chi connectivity index (χ2v) is 4.57. The molecular formula is C15H24N+. The van der Waals surface area contributed by atoms with Gasteiger partial charge in [-0.15, -0.1) is 0 Å². The number of rotatable bonds is 5. The monoisotopic (exact) mass is 218 g/mol. The van der Waals surface area contributed by atoms with Gasteiger partial charge in [-0.05, 0) is 18.9 Å². The molecule has 0 fully saturated rings. The zero-order chi connectivity index (χ0) is 12.1. The minimum Gasteiger partial charge on any atom is -0.202 e. The lowest BCUT2D eigenvalue weighted by Crippen LogP contribution is -2.41. The van der Waals surface area contributed by atoms with Crippen LogP contribution in [0.25, 0.3) is 6.08 Å². The second kappa shape index (κ2) is 5.83. The van der Waals surface area contributed by atoms with Crippen LogP contribution in [-0.2, 0) is 13.0 Å². The van der Waals surface area contributed by atoms with Crippen molar-refractivity contribution in [1.82, 2.24) is 0 Å². The summed E-state index contributed by atoms with van der Waals surface area (Å²) in [6.45, 7) is 14.0. The highest BCUT2D eigenvalue weighted by atomic mass is 15.0.